The van der Waals surface area contributed by atoms with Crippen LogP contribution >= 0.6 is 0 Å². The second-order valence-corrected chi connectivity index (χ2v) is 3.67. The standard InChI is InChI=1S/C10H22O2/c1-4-8(3)6-10(12)9(5-2)7-11/h8-12H,4-7H2,1-3H3. The number of hydrogen-bond acceptors (Lipinski definition) is 2. The molecule has 0 aliphatic rings. The van der Waals surface area contributed by atoms with Gasteiger partial charge in [-0.1, -0.05) is 27.2 Å². The molecule has 0 aliphatic carbocycles. The smallest absolute Gasteiger partial charge is 0.0592 e. The molecule has 0 amide bonds. The lowest BCUT2D eigenvalue weighted by molar-refractivity contribution is 0.0479. The Balaban J connectivity index is 3.75. The molecule has 0 fully saturated rings. The van der Waals surface area contributed by atoms with E-state index in [9.17, 15) is 5.11 Å². The Labute approximate surface area is 75.6 Å². The maximum absolute atomic E-state index is 9.65. The maximum atomic E-state index is 9.65. The molecule has 3 atom stereocenters. The SMILES string of the molecule is CCC(C)CC(O)C(CC)CO. The van der Waals surface area contributed by atoms with E-state index in [4.69, 9.17) is 5.11 Å². The predicted molar refractivity (Wildman–Crippen MR) is 50.9 cm³/mol. The van der Waals surface area contributed by atoms with Crippen LogP contribution in [0.3, 0.4) is 0 Å². The van der Waals surface area contributed by atoms with E-state index in [1.165, 1.54) is 0 Å². The molecule has 0 radical (unpaired) electrons. The minimum atomic E-state index is -0.324. The highest BCUT2D eigenvalue weighted by Crippen LogP contribution is 2.17. The summed E-state index contributed by atoms with van der Waals surface area (Å²) >= 11 is 0. The van der Waals surface area contributed by atoms with Gasteiger partial charge in [0.05, 0.1) is 6.10 Å². The van der Waals surface area contributed by atoms with E-state index >= 15 is 0 Å². The Kier molecular flexibility index (Phi) is 6.39. The van der Waals surface area contributed by atoms with E-state index in [2.05, 4.69) is 13.8 Å². The molecule has 2 N–H and O–H groups in total. The van der Waals surface area contributed by atoms with Gasteiger partial charge < -0.3 is 10.2 Å². The van der Waals surface area contributed by atoms with Crippen LogP contribution in [0.25, 0.3) is 0 Å². The summed E-state index contributed by atoms with van der Waals surface area (Å²) < 4.78 is 0. The highest BCUT2D eigenvalue weighted by molar-refractivity contribution is 4.68. The second-order valence-electron chi connectivity index (χ2n) is 3.67. The fourth-order valence-electron chi connectivity index (χ4n) is 1.29. The highest BCUT2D eigenvalue weighted by atomic mass is 16.3. The molecule has 0 bridgehead atoms. The number of aliphatic hydroxyl groups excluding tert-OH is 2. The van der Waals surface area contributed by atoms with E-state index in [0.717, 1.165) is 19.3 Å². The van der Waals surface area contributed by atoms with Gasteiger partial charge in [0.15, 0.2) is 0 Å². The van der Waals surface area contributed by atoms with Gasteiger partial charge in [0, 0.05) is 12.5 Å². The minimum absolute atomic E-state index is 0.0685. The van der Waals surface area contributed by atoms with E-state index in [0.29, 0.717) is 5.92 Å². The predicted octanol–water partition coefficient (Wildman–Crippen LogP) is 1.80. The van der Waals surface area contributed by atoms with Crippen LogP contribution in [0.15, 0.2) is 0 Å². The Hall–Kier alpha value is -0.0800. The first-order valence-corrected chi connectivity index (χ1v) is 4.94. The zero-order chi connectivity index (χ0) is 9.56. The zero-order valence-corrected chi connectivity index (χ0v) is 8.45. The molecule has 0 aromatic heterocycles. The average Bonchev–Trinajstić information content (AvgIpc) is 2.06. The molecule has 0 spiro atoms. The van der Waals surface area contributed by atoms with Crippen LogP contribution in [0.4, 0.5) is 0 Å². The summed E-state index contributed by atoms with van der Waals surface area (Å²) in [5, 5.41) is 18.6. The summed E-state index contributed by atoms with van der Waals surface area (Å²) in [6.45, 7) is 6.36. The van der Waals surface area contributed by atoms with Gasteiger partial charge in [-0.3, -0.25) is 0 Å². The van der Waals surface area contributed by atoms with Crippen molar-refractivity contribution < 1.29 is 10.2 Å². The first-order valence-electron chi connectivity index (χ1n) is 4.94. The molecule has 12 heavy (non-hydrogen) atoms. The number of rotatable bonds is 6. The van der Waals surface area contributed by atoms with Crippen molar-refractivity contribution in [3.63, 3.8) is 0 Å². The lowest BCUT2D eigenvalue weighted by Gasteiger charge is -2.21. The van der Waals surface area contributed by atoms with Gasteiger partial charge in [-0.2, -0.15) is 0 Å². The van der Waals surface area contributed by atoms with E-state index in [1.807, 2.05) is 6.92 Å². The molecule has 0 aliphatic heterocycles. The van der Waals surface area contributed by atoms with Crippen molar-refractivity contribution in [2.45, 2.75) is 46.1 Å². The van der Waals surface area contributed by atoms with Gasteiger partial charge in [-0.15, -0.1) is 0 Å². The van der Waals surface area contributed by atoms with Crippen molar-refractivity contribution >= 4 is 0 Å². The van der Waals surface area contributed by atoms with Crippen molar-refractivity contribution in [2.24, 2.45) is 11.8 Å². The molecule has 0 aromatic rings. The lowest BCUT2D eigenvalue weighted by Crippen LogP contribution is -2.25. The molecule has 2 nitrogen and oxygen atoms in total. The summed E-state index contributed by atoms with van der Waals surface area (Å²) in [5.41, 5.74) is 0. The Bertz CT molecular complexity index is 100. The minimum Gasteiger partial charge on any atom is -0.396 e. The van der Waals surface area contributed by atoms with Crippen molar-refractivity contribution in [1.29, 1.82) is 0 Å². The number of hydrogen-bond donors (Lipinski definition) is 2. The van der Waals surface area contributed by atoms with Gasteiger partial charge in [0.1, 0.15) is 0 Å². The quantitative estimate of drug-likeness (QED) is 0.644. The van der Waals surface area contributed by atoms with Crippen LogP contribution in [0.1, 0.15) is 40.0 Å². The molecule has 0 saturated heterocycles. The monoisotopic (exact) mass is 174 g/mol. The Morgan fingerprint density at radius 3 is 2.08 bits per heavy atom. The van der Waals surface area contributed by atoms with Crippen molar-refractivity contribution in [1.82, 2.24) is 0 Å². The maximum Gasteiger partial charge on any atom is 0.0592 e. The molecule has 2 heteroatoms. The molecular formula is C10H22O2. The van der Waals surface area contributed by atoms with Crippen molar-refractivity contribution in [2.75, 3.05) is 6.61 Å². The fraction of sp³-hybridized carbons (Fsp3) is 1.00. The van der Waals surface area contributed by atoms with E-state index in [-0.39, 0.29) is 18.6 Å². The van der Waals surface area contributed by atoms with Gasteiger partial charge in [-0.25, -0.2) is 0 Å². The van der Waals surface area contributed by atoms with Gasteiger partial charge >= 0.3 is 0 Å². The summed E-state index contributed by atoms with van der Waals surface area (Å²) in [6.07, 6.45) is 2.44. The summed E-state index contributed by atoms with van der Waals surface area (Å²) in [5.74, 6) is 0.625. The van der Waals surface area contributed by atoms with Crippen LogP contribution in [0.5, 0.6) is 0 Å². The van der Waals surface area contributed by atoms with Gasteiger partial charge in [-0.05, 0) is 18.8 Å². The van der Waals surface area contributed by atoms with Crippen LogP contribution in [0, 0.1) is 11.8 Å². The first kappa shape index (κ1) is 11.9. The molecule has 3 unspecified atom stereocenters. The topological polar surface area (TPSA) is 40.5 Å². The third kappa shape index (κ3) is 4.07. The zero-order valence-electron chi connectivity index (χ0n) is 8.45. The molecular weight excluding hydrogens is 152 g/mol. The Morgan fingerprint density at radius 2 is 1.75 bits per heavy atom. The average molecular weight is 174 g/mol. The largest absolute Gasteiger partial charge is 0.396 e. The fourth-order valence-corrected chi connectivity index (χ4v) is 1.29. The van der Waals surface area contributed by atoms with Crippen molar-refractivity contribution in [3.8, 4) is 0 Å². The van der Waals surface area contributed by atoms with Crippen molar-refractivity contribution in [3.05, 3.63) is 0 Å². The van der Waals surface area contributed by atoms with Crippen LogP contribution in [0.2, 0.25) is 0 Å². The lowest BCUT2D eigenvalue weighted by atomic mass is 9.91. The second kappa shape index (κ2) is 6.44. The summed E-state index contributed by atoms with van der Waals surface area (Å²) in [6, 6.07) is 0. The van der Waals surface area contributed by atoms with Crippen LogP contribution < -0.4 is 0 Å². The third-order valence-corrected chi connectivity index (χ3v) is 2.64. The molecule has 0 saturated carbocycles. The van der Waals surface area contributed by atoms with Gasteiger partial charge in [0.25, 0.3) is 0 Å². The van der Waals surface area contributed by atoms with E-state index < -0.39 is 0 Å². The summed E-state index contributed by atoms with van der Waals surface area (Å²) in [7, 11) is 0. The number of aliphatic hydroxyl groups is 2. The molecule has 0 heterocycles. The first-order chi connectivity index (χ1) is 5.65. The molecule has 74 valence electrons. The molecule has 0 rings (SSSR count). The van der Waals surface area contributed by atoms with Gasteiger partial charge in [0.2, 0.25) is 0 Å². The van der Waals surface area contributed by atoms with Crippen LogP contribution in [-0.4, -0.2) is 22.9 Å². The Morgan fingerprint density at radius 1 is 1.17 bits per heavy atom. The third-order valence-electron chi connectivity index (χ3n) is 2.64. The van der Waals surface area contributed by atoms with Crippen LogP contribution in [-0.2, 0) is 0 Å². The van der Waals surface area contributed by atoms with E-state index in [1.54, 1.807) is 0 Å². The highest BCUT2D eigenvalue weighted by Gasteiger charge is 2.17. The molecule has 0 aromatic carbocycles. The summed E-state index contributed by atoms with van der Waals surface area (Å²) in [4.78, 5) is 0. The normalized spacial score (nSPS) is 18.8.